The number of nitrogens with one attached hydrogen (secondary N) is 2. The summed E-state index contributed by atoms with van der Waals surface area (Å²) in [6.45, 7) is 7.82. The van der Waals surface area contributed by atoms with Crippen LogP contribution in [0.1, 0.15) is 47.0 Å². The van der Waals surface area contributed by atoms with Crippen molar-refractivity contribution in [2.45, 2.75) is 64.6 Å². The van der Waals surface area contributed by atoms with E-state index in [2.05, 4.69) is 10.6 Å². The van der Waals surface area contributed by atoms with E-state index in [1.807, 2.05) is 20.8 Å². The predicted molar refractivity (Wildman–Crippen MR) is 75.4 cm³/mol. The highest BCUT2D eigenvalue weighted by Crippen LogP contribution is 2.19. The SMILES string of the molecule is CCOC(=O)CN[C@H]1CCC[C@@H]1NC(=O)OC(C)(C)C. The fraction of sp³-hybridized carbons (Fsp3) is 0.857. The molecular formula is C14H26N2O4. The first-order valence-electron chi connectivity index (χ1n) is 7.20. The van der Waals surface area contributed by atoms with E-state index in [0.29, 0.717) is 6.61 Å². The average Bonchev–Trinajstić information content (AvgIpc) is 2.71. The molecule has 0 bridgehead atoms. The van der Waals surface area contributed by atoms with Gasteiger partial charge in [0.15, 0.2) is 0 Å². The van der Waals surface area contributed by atoms with Crippen molar-refractivity contribution in [2.75, 3.05) is 13.2 Å². The Morgan fingerprint density at radius 2 is 1.85 bits per heavy atom. The van der Waals surface area contributed by atoms with Gasteiger partial charge in [0.05, 0.1) is 13.2 Å². The molecule has 116 valence electrons. The first-order chi connectivity index (χ1) is 9.31. The lowest BCUT2D eigenvalue weighted by Gasteiger charge is -2.25. The van der Waals surface area contributed by atoms with E-state index in [9.17, 15) is 9.59 Å². The molecule has 1 fully saturated rings. The van der Waals surface area contributed by atoms with E-state index in [-0.39, 0.29) is 24.6 Å². The lowest BCUT2D eigenvalue weighted by Crippen LogP contribution is -2.49. The molecule has 6 nitrogen and oxygen atoms in total. The van der Waals surface area contributed by atoms with Crippen LogP contribution in [0.2, 0.25) is 0 Å². The van der Waals surface area contributed by atoms with Crippen molar-refractivity contribution in [1.82, 2.24) is 10.6 Å². The molecule has 0 aromatic carbocycles. The zero-order chi connectivity index (χ0) is 15.2. The molecule has 0 heterocycles. The summed E-state index contributed by atoms with van der Waals surface area (Å²) >= 11 is 0. The molecule has 1 amide bonds. The van der Waals surface area contributed by atoms with E-state index >= 15 is 0 Å². The van der Waals surface area contributed by atoms with Gasteiger partial charge in [-0.05, 0) is 47.0 Å². The number of esters is 1. The van der Waals surface area contributed by atoms with Gasteiger partial charge >= 0.3 is 12.1 Å². The number of rotatable bonds is 5. The van der Waals surface area contributed by atoms with Crippen LogP contribution in [0.5, 0.6) is 0 Å². The van der Waals surface area contributed by atoms with Crippen LogP contribution in [0.3, 0.4) is 0 Å². The summed E-state index contributed by atoms with van der Waals surface area (Å²) in [5, 5.41) is 6.01. The van der Waals surface area contributed by atoms with Crippen molar-refractivity contribution >= 4 is 12.1 Å². The first-order valence-corrected chi connectivity index (χ1v) is 7.20. The number of alkyl carbamates (subject to hydrolysis) is 1. The average molecular weight is 286 g/mol. The highest BCUT2D eigenvalue weighted by Gasteiger charge is 2.30. The Bertz CT molecular complexity index is 339. The minimum Gasteiger partial charge on any atom is -0.465 e. The quantitative estimate of drug-likeness (QED) is 0.750. The maximum atomic E-state index is 11.7. The monoisotopic (exact) mass is 286 g/mol. The second kappa shape index (κ2) is 7.47. The summed E-state index contributed by atoms with van der Waals surface area (Å²) in [6.07, 6.45) is 2.42. The van der Waals surface area contributed by atoms with Gasteiger partial charge in [-0.1, -0.05) is 0 Å². The van der Waals surface area contributed by atoms with Crippen molar-refractivity contribution in [3.8, 4) is 0 Å². The number of hydrogen-bond donors (Lipinski definition) is 2. The summed E-state index contributed by atoms with van der Waals surface area (Å²) in [7, 11) is 0. The van der Waals surface area contributed by atoms with Crippen LogP contribution < -0.4 is 10.6 Å². The Balaban J connectivity index is 2.37. The van der Waals surface area contributed by atoms with Gasteiger partial charge in [-0.15, -0.1) is 0 Å². The Labute approximate surface area is 120 Å². The van der Waals surface area contributed by atoms with E-state index in [0.717, 1.165) is 19.3 Å². The molecule has 1 aliphatic rings. The standard InChI is InChI=1S/C14H26N2O4/c1-5-19-12(17)9-15-10-7-6-8-11(10)16-13(18)20-14(2,3)4/h10-11,15H,5-9H2,1-4H3,(H,16,18)/t10-,11-/m0/s1. The van der Waals surface area contributed by atoms with Crippen LogP contribution in [-0.4, -0.2) is 42.9 Å². The first kappa shape index (κ1) is 16.8. The molecule has 2 N–H and O–H groups in total. The summed E-state index contributed by atoms with van der Waals surface area (Å²) < 4.78 is 10.1. The third-order valence-electron chi connectivity index (χ3n) is 3.03. The van der Waals surface area contributed by atoms with Crippen LogP contribution >= 0.6 is 0 Å². The zero-order valence-corrected chi connectivity index (χ0v) is 12.8. The molecule has 0 radical (unpaired) electrons. The molecule has 0 spiro atoms. The van der Waals surface area contributed by atoms with Crippen LogP contribution in [0.15, 0.2) is 0 Å². The van der Waals surface area contributed by atoms with Gasteiger partial charge in [0, 0.05) is 12.1 Å². The van der Waals surface area contributed by atoms with Crippen molar-refractivity contribution in [3.63, 3.8) is 0 Å². The molecule has 1 aliphatic carbocycles. The van der Waals surface area contributed by atoms with Crippen LogP contribution in [0, 0.1) is 0 Å². The Morgan fingerprint density at radius 3 is 2.45 bits per heavy atom. The Kier molecular flexibility index (Phi) is 6.26. The third kappa shape index (κ3) is 6.23. The minimum absolute atomic E-state index is 0.000670. The lowest BCUT2D eigenvalue weighted by atomic mass is 10.1. The summed E-state index contributed by atoms with van der Waals surface area (Å²) in [6, 6.07) is 0.0891. The third-order valence-corrected chi connectivity index (χ3v) is 3.03. The smallest absolute Gasteiger partial charge is 0.407 e. The van der Waals surface area contributed by atoms with Gasteiger partial charge in [-0.3, -0.25) is 4.79 Å². The van der Waals surface area contributed by atoms with Gasteiger partial charge in [-0.2, -0.15) is 0 Å². The largest absolute Gasteiger partial charge is 0.465 e. The maximum absolute atomic E-state index is 11.7. The molecule has 0 aromatic heterocycles. The minimum atomic E-state index is -0.503. The number of ether oxygens (including phenoxy) is 2. The summed E-state index contributed by atoms with van der Waals surface area (Å²) in [5.41, 5.74) is -0.503. The molecule has 2 atom stereocenters. The molecule has 0 unspecified atom stereocenters. The van der Waals surface area contributed by atoms with Crippen LogP contribution in [-0.2, 0) is 14.3 Å². The molecular weight excluding hydrogens is 260 g/mol. The summed E-state index contributed by atoms with van der Waals surface area (Å²) in [4.78, 5) is 23.1. The predicted octanol–water partition coefficient (Wildman–Crippen LogP) is 1.58. The van der Waals surface area contributed by atoms with Crippen molar-refractivity contribution in [1.29, 1.82) is 0 Å². The molecule has 6 heteroatoms. The van der Waals surface area contributed by atoms with E-state index in [1.54, 1.807) is 6.92 Å². The molecule has 1 saturated carbocycles. The maximum Gasteiger partial charge on any atom is 0.407 e. The molecule has 0 aliphatic heterocycles. The number of carbonyl (C=O) groups is 2. The van der Waals surface area contributed by atoms with E-state index < -0.39 is 11.7 Å². The highest BCUT2D eigenvalue weighted by molar-refractivity contribution is 5.71. The molecule has 1 rings (SSSR count). The van der Waals surface area contributed by atoms with Gasteiger partial charge in [0.25, 0.3) is 0 Å². The molecule has 20 heavy (non-hydrogen) atoms. The lowest BCUT2D eigenvalue weighted by molar-refractivity contribution is -0.142. The van der Waals surface area contributed by atoms with Crippen molar-refractivity contribution in [3.05, 3.63) is 0 Å². The van der Waals surface area contributed by atoms with Crippen LogP contribution in [0.25, 0.3) is 0 Å². The fourth-order valence-corrected chi connectivity index (χ4v) is 2.26. The van der Waals surface area contributed by atoms with Gasteiger partial charge in [0.1, 0.15) is 5.60 Å². The van der Waals surface area contributed by atoms with Gasteiger partial charge in [0.2, 0.25) is 0 Å². The Morgan fingerprint density at radius 1 is 1.20 bits per heavy atom. The number of carbonyl (C=O) groups excluding carboxylic acids is 2. The topological polar surface area (TPSA) is 76.7 Å². The number of hydrogen-bond acceptors (Lipinski definition) is 5. The van der Waals surface area contributed by atoms with E-state index in [4.69, 9.17) is 9.47 Å². The molecule has 0 saturated heterocycles. The second-order valence-electron chi connectivity index (χ2n) is 5.98. The van der Waals surface area contributed by atoms with Crippen LogP contribution in [0.4, 0.5) is 4.79 Å². The normalized spacial score (nSPS) is 22.4. The van der Waals surface area contributed by atoms with Gasteiger partial charge in [-0.25, -0.2) is 4.79 Å². The van der Waals surface area contributed by atoms with E-state index in [1.165, 1.54) is 0 Å². The van der Waals surface area contributed by atoms with Gasteiger partial charge < -0.3 is 20.1 Å². The number of amides is 1. The fourth-order valence-electron chi connectivity index (χ4n) is 2.26. The Hall–Kier alpha value is -1.30. The highest BCUT2D eigenvalue weighted by atomic mass is 16.6. The van der Waals surface area contributed by atoms with Crippen molar-refractivity contribution < 1.29 is 19.1 Å². The second-order valence-corrected chi connectivity index (χ2v) is 5.98. The van der Waals surface area contributed by atoms with Crippen molar-refractivity contribution in [2.24, 2.45) is 0 Å². The zero-order valence-electron chi connectivity index (χ0n) is 12.8. The molecule has 0 aromatic rings. The summed E-state index contributed by atoms with van der Waals surface area (Å²) in [5.74, 6) is -0.268.